The first kappa shape index (κ1) is 96.8. The second-order valence-electron chi connectivity index (χ2n) is 38.6. The number of hydrogen-bond acceptors (Lipinski definition) is 30. The van der Waals surface area contributed by atoms with Gasteiger partial charge < -0.3 is 100 Å². The van der Waals surface area contributed by atoms with E-state index in [0.717, 1.165) is 6.92 Å². The van der Waals surface area contributed by atoms with E-state index in [0.29, 0.717) is 31.2 Å². The number of fused-ring (bicyclic) bond motifs is 10. The third kappa shape index (κ3) is 18.7. The molecule has 690 valence electrons. The lowest BCUT2D eigenvalue weighted by Crippen LogP contribution is -2.78. The number of esters is 9. The van der Waals surface area contributed by atoms with Gasteiger partial charge in [0.05, 0.1) is 64.4 Å². The molecule has 12 rings (SSSR count). The number of ketones is 2. The fourth-order valence-electron chi connectivity index (χ4n) is 20.7. The average molecular weight is 1770 g/mol. The second kappa shape index (κ2) is 36.0. The number of carbonyl (C=O) groups excluding carboxylic acids is 14. The summed E-state index contributed by atoms with van der Waals surface area (Å²) < 4.78 is 59.4. The molecule has 22 atom stereocenters. The monoisotopic (exact) mass is 1770 g/mol. The lowest BCUT2D eigenvalue weighted by molar-refractivity contribution is -0.296. The molecule has 9 aliphatic rings. The molecule has 12 N–H and O–H groups in total. The lowest BCUT2D eigenvalue weighted by atomic mass is 9.41. The molecule has 3 aromatic carbocycles. The summed E-state index contributed by atoms with van der Waals surface area (Å²) in [4.78, 5) is 190. The van der Waals surface area contributed by atoms with Crippen LogP contribution in [0.15, 0.2) is 125 Å². The fraction of sp³-hybridized carbons (Fsp3) is 0.591. The topological polar surface area (TPSA) is 521 Å². The van der Waals surface area contributed by atoms with Gasteiger partial charge >= 0.3 is 65.8 Å². The van der Waals surface area contributed by atoms with Crippen molar-refractivity contribution in [3.63, 3.8) is 0 Å². The Kier molecular flexibility index (Phi) is 27.5. The molecule has 0 heterocycles. The first-order valence-electron chi connectivity index (χ1n) is 42.8. The van der Waals surface area contributed by atoms with Crippen LogP contribution >= 0.6 is 0 Å². The van der Waals surface area contributed by atoms with Gasteiger partial charge in [-0.25, -0.2) is 33.6 Å². The molecule has 3 aromatic rings. The van der Waals surface area contributed by atoms with Crippen molar-refractivity contribution in [1.29, 1.82) is 0 Å². The molecule has 0 saturated heterocycles. The number of allylic oxidation sites excluding steroid dienone is 1. The smallest absolute Gasteiger partial charge is 0.408 e. The molecular formula is C93H119N5O29. The van der Waals surface area contributed by atoms with Gasteiger partial charge in [0.25, 0.3) is 0 Å². The van der Waals surface area contributed by atoms with Gasteiger partial charge in [0, 0.05) is 61.8 Å². The molecule has 9 aliphatic carbocycles. The van der Waals surface area contributed by atoms with Crippen LogP contribution in [-0.2, 0) is 95.3 Å². The zero-order valence-corrected chi connectivity index (χ0v) is 74.6. The molecule has 4 amide bonds. The van der Waals surface area contributed by atoms with E-state index < -0.39 is 267 Å². The number of benzene rings is 3. The number of amides is 4. The standard InChI is InChI=1S/C47H63N3O17.C46H56N2O12/c1-22-28(63-41(59)35(33(24-14-15-24)50-42(60)67-43(3,4)5)64-31(54)21-62-30(53)19-27(48)39(49)57)20-47(61)38(65-40(58)25-12-10-9-11-13-25)36-45(8,37(56)34(55)32(22)44(47,6)7)29(52)18-26-16-17-46(26,36)66-23(2)51;1-25-31(58-40(54)34(51)33(28-16-12-10-13-17-28)47-41(55)48-42(4,5)6)24-46(56)38(59-39(53)29-18-14-11-15-19-29)36-44(9,22-20-30-21-23-45(30,36)60-27(3)50)37(52)35(57-26(2)49)32(25)43(46,7)8/h9-13,24,26-29,33-36,38,52,55,61H,14-21,48H2,1-8H3,(H2,49,57)(H,50,60);10-20,22,30-31,33-36,38,51,56H,21,23-24H2,1-9H3,(H2,47,48,55)/t26-,27+,28+,29+,33+,34-,35-,36+,38+,45-,46+,47-;30-,31-,33-,34+,35+,36-,38-,44+,45-,46+/m10/s1. The Hall–Kier alpha value is -10.8. The number of aliphatic hydroxyl groups excluding tert-OH is 3. The highest BCUT2D eigenvalue weighted by Crippen LogP contribution is 2.69. The number of urea groups is 1. The average Bonchev–Trinajstić information content (AvgIpc) is 1.26. The van der Waals surface area contributed by atoms with Gasteiger partial charge in [-0.15, -0.1) is 0 Å². The number of alkyl carbamates (subject to hydrolysis) is 1. The quantitative estimate of drug-likeness (QED) is 0.0264. The maximum absolute atomic E-state index is 15.4. The Labute approximate surface area is 735 Å². The Morgan fingerprint density at radius 3 is 1.58 bits per heavy atom. The first-order chi connectivity index (χ1) is 59.0. The van der Waals surface area contributed by atoms with Crippen LogP contribution in [0, 0.1) is 51.2 Å². The minimum atomic E-state index is -2.41. The molecular weight excluding hydrogens is 1650 g/mol. The molecule has 0 aliphatic heterocycles. The van der Waals surface area contributed by atoms with Crippen molar-refractivity contribution in [2.45, 2.75) is 289 Å². The van der Waals surface area contributed by atoms with Gasteiger partial charge in [0.15, 0.2) is 30.4 Å². The van der Waals surface area contributed by atoms with Crippen molar-refractivity contribution in [3.05, 3.63) is 142 Å². The molecule has 34 heteroatoms. The summed E-state index contributed by atoms with van der Waals surface area (Å²) in [5, 5.41) is 71.4. The molecule has 127 heavy (non-hydrogen) atoms. The third-order valence-corrected chi connectivity index (χ3v) is 27.4. The summed E-state index contributed by atoms with van der Waals surface area (Å²) in [6.07, 6.45) is -12.5. The third-order valence-electron chi connectivity index (χ3n) is 27.4. The number of carbonyl (C=O) groups is 14. The first-order valence-corrected chi connectivity index (χ1v) is 42.8. The molecule has 4 bridgehead atoms. The molecule has 6 saturated carbocycles. The van der Waals surface area contributed by atoms with Crippen LogP contribution in [0.4, 0.5) is 9.59 Å². The van der Waals surface area contributed by atoms with Crippen molar-refractivity contribution in [3.8, 4) is 0 Å². The minimum Gasteiger partial charge on any atom is -0.458 e. The normalized spacial score (nSPS) is 31.8. The Morgan fingerprint density at radius 2 is 1.10 bits per heavy atom. The summed E-state index contributed by atoms with van der Waals surface area (Å²) in [5.41, 5.74) is -4.67. The Balaban J connectivity index is 0.000000248. The number of primary amides is 1. The van der Waals surface area contributed by atoms with E-state index in [-0.39, 0.29) is 52.7 Å². The molecule has 0 aromatic heterocycles. The predicted molar refractivity (Wildman–Crippen MR) is 447 cm³/mol. The number of nitrogens with one attached hydrogen (secondary N) is 3. The number of hydrogen-bond donors (Lipinski definition) is 10. The lowest BCUT2D eigenvalue weighted by Gasteiger charge is -2.68. The molecule has 0 spiro atoms. The van der Waals surface area contributed by atoms with Crippen LogP contribution in [0.3, 0.4) is 0 Å². The zero-order valence-electron chi connectivity index (χ0n) is 74.6. The van der Waals surface area contributed by atoms with Crippen LogP contribution in [-0.4, -0.2) is 216 Å². The number of rotatable bonds is 23. The second-order valence-corrected chi connectivity index (χ2v) is 38.6. The number of nitrogens with two attached hydrogens (primary N) is 2. The van der Waals surface area contributed by atoms with Gasteiger partial charge in [-0.3, -0.25) is 33.6 Å². The van der Waals surface area contributed by atoms with Crippen LogP contribution in [0.25, 0.3) is 0 Å². The summed E-state index contributed by atoms with van der Waals surface area (Å²) in [5.74, 6) is -15.5. The molecule has 34 nitrogen and oxygen atoms in total. The van der Waals surface area contributed by atoms with Crippen LogP contribution in [0.2, 0.25) is 0 Å². The highest BCUT2D eigenvalue weighted by molar-refractivity contribution is 5.98. The van der Waals surface area contributed by atoms with Crippen LogP contribution in [0.5, 0.6) is 0 Å². The summed E-state index contributed by atoms with van der Waals surface area (Å²) in [6.45, 7) is 25.0. The van der Waals surface area contributed by atoms with E-state index >= 15 is 9.59 Å². The maximum Gasteiger partial charge on any atom is 0.408 e. The largest absolute Gasteiger partial charge is 0.458 e. The van der Waals surface area contributed by atoms with E-state index in [1.807, 2.05) is 0 Å². The van der Waals surface area contributed by atoms with Crippen molar-refractivity contribution < 1.29 is 140 Å². The van der Waals surface area contributed by atoms with Crippen molar-refractivity contribution in [1.82, 2.24) is 16.0 Å². The van der Waals surface area contributed by atoms with Gasteiger partial charge in [0.2, 0.25) is 12.0 Å². The zero-order chi connectivity index (χ0) is 93.9. The van der Waals surface area contributed by atoms with Gasteiger partial charge in [-0.2, -0.15) is 0 Å². The SMILES string of the molecule is CC(=O)O[C@@]12CC[C@@H]1C[C@H](O)[C@@]1(C)C(=O)[C@H](O)C3=C(C)[C@@H](OC(=O)[C@H](OC(=O)COC(=O)C[C@H](N)C(N)=O)[C@@H](NC(=O)OC(C)(C)C)C4CC4)C[C@@](O)([C@@H](OC(=O)c4ccccc4)[C@H]21)C3(C)C.CC(=O)O[C@H]1C(=O)[C@]2(C)C=C[C@H]3CC[C@@]3(OC(C)=O)[C@H]2[C@H](OC(=O)c2ccccc2)[C@]2(O)C[C@H](OC(=O)[C@H](O)[C@@H](NC(=O)NC(C)(C)C)c3ccccc3)C(C)=C1C2(C)C. The maximum atomic E-state index is 15.4. The van der Waals surface area contributed by atoms with E-state index in [2.05, 4.69) is 16.0 Å². The fourth-order valence-corrected chi connectivity index (χ4v) is 20.7. The summed E-state index contributed by atoms with van der Waals surface area (Å²) >= 11 is 0. The highest BCUT2D eigenvalue weighted by Gasteiger charge is 2.79. The molecule has 0 radical (unpaired) electrons. The van der Waals surface area contributed by atoms with E-state index in [4.69, 9.17) is 58.8 Å². The molecule has 0 unspecified atom stereocenters. The van der Waals surface area contributed by atoms with Gasteiger partial charge in [-0.1, -0.05) is 107 Å². The van der Waals surface area contributed by atoms with Crippen LogP contribution in [0.1, 0.15) is 214 Å². The van der Waals surface area contributed by atoms with Crippen molar-refractivity contribution in [2.75, 3.05) is 6.61 Å². The number of Topliss-reactive ketones (excluding diaryl/α,β-unsaturated/α-hetero) is 2. The van der Waals surface area contributed by atoms with Gasteiger partial charge in [-0.05, 0) is 172 Å². The van der Waals surface area contributed by atoms with E-state index in [9.17, 15) is 83.1 Å². The van der Waals surface area contributed by atoms with E-state index in [1.165, 1.54) is 65.8 Å². The number of ether oxygens (including phenoxy) is 10. The van der Waals surface area contributed by atoms with Crippen LogP contribution < -0.4 is 27.4 Å². The van der Waals surface area contributed by atoms with Crippen molar-refractivity contribution >= 4 is 83.3 Å². The Bertz CT molecular complexity index is 4910. The predicted octanol–water partition coefficient (Wildman–Crippen LogP) is 6.82. The molecule has 6 fully saturated rings. The minimum absolute atomic E-state index is 0.0160. The number of aliphatic hydroxyl groups is 5. The summed E-state index contributed by atoms with van der Waals surface area (Å²) in [6, 6.07) is 19.5. The highest BCUT2D eigenvalue weighted by atomic mass is 16.6. The van der Waals surface area contributed by atoms with Gasteiger partial charge in [0.1, 0.15) is 58.5 Å². The van der Waals surface area contributed by atoms with Crippen molar-refractivity contribution in [2.24, 2.45) is 62.7 Å². The summed E-state index contributed by atoms with van der Waals surface area (Å²) in [7, 11) is 0. The van der Waals surface area contributed by atoms with E-state index in [1.54, 1.807) is 148 Å². The Morgan fingerprint density at radius 1 is 0.598 bits per heavy atom.